The fourth-order valence-corrected chi connectivity index (χ4v) is 2.95. The minimum absolute atomic E-state index is 0.614. The summed E-state index contributed by atoms with van der Waals surface area (Å²) >= 11 is 5.97. The minimum atomic E-state index is 0.614. The lowest BCUT2D eigenvalue weighted by Crippen LogP contribution is -2.26. The average molecular weight is 283 g/mol. The summed E-state index contributed by atoms with van der Waals surface area (Å²) < 4.78 is 0. The smallest absolute Gasteiger partial charge is 0.101 e. The van der Waals surface area contributed by atoms with Gasteiger partial charge in [-0.05, 0) is 42.2 Å². The fraction of sp³-hybridized carbons (Fsp3) is 0.235. The molecule has 2 aromatic rings. The van der Waals surface area contributed by atoms with Crippen LogP contribution in [0.2, 0.25) is 5.02 Å². The van der Waals surface area contributed by atoms with Crippen molar-refractivity contribution in [3.05, 3.63) is 64.2 Å². The second-order valence-electron chi connectivity index (χ2n) is 5.03. The summed E-state index contributed by atoms with van der Waals surface area (Å²) in [7, 11) is 0. The molecule has 0 bridgehead atoms. The molecular formula is C17H15ClN2. The van der Waals surface area contributed by atoms with Crippen LogP contribution >= 0.6 is 11.6 Å². The standard InChI is InChI=1S/C17H15ClN2/c18-16-5-6-17(15(11-16)12-19)20-9-7-13-3-1-2-4-14(13)8-10-20/h1-6,11H,7-10H2. The zero-order chi connectivity index (χ0) is 13.9. The van der Waals surface area contributed by atoms with Gasteiger partial charge in [0.2, 0.25) is 0 Å². The molecule has 1 aliphatic heterocycles. The van der Waals surface area contributed by atoms with Gasteiger partial charge in [-0.15, -0.1) is 0 Å². The van der Waals surface area contributed by atoms with Crippen molar-refractivity contribution in [1.29, 1.82) is 5.26 Å². The highest BCUT2D eigenvalue weighted by Gasteiger charge is 2.16. The topological polar surface area (TPSA) is 27.0 Å². The van der Waals surface area contributed by atoms with E-state index in [0.717, 1.165) is 31.6 Å². The van der Waals surface area contributed by atoms with Crippen LogP contribution < -0.4 is 4.90 Å². The van der Waals surface area contributed by atoms with Crippen molar-refractivity contribution in [2.24, 2.45) is 0 Å². The molecular weight excluding hydrogens is 268 g/mol. The van der Waals surface area contributed by atoms with Gasteiger partial charge in [0.15, 0.2) is 0 Å². The number of hydrogen-bond donors (Lipinski definition) is 0. The second-order valence-corrected chi connectivity index (χ2v) is 5.47. The SMILES string of the molecule is N#Cc1cc(Cl)ccc1N1CCc2ccccc2CC1. The lowest BCUT2D eigenvalue weighted by atomic mass is 10.0. The Morgan fingerprint density at radius 1 is 1.00 bits per heavy atom. The maximum Gasteiger partial charge on any atom is 0.101 e. The van der Waals surface area contributed by atoms with Gasteiger partial charge in [0.1, 0.15) is 6.07 Å². The summed E-state index contributed by atoms with van der Waals surface area (Å²) in [5.74, 6) is 0. The molecule has 2 aromatic carbocycles. The Balaban J connectivity index is 1.89. The van der Waals surface area contributed by atoms with Gasteiger partial charge < -0.3 is 4.90 Å². The minimum Gasteiger partial charge on any atom is -0.370 e. The van der Waals surface area contributed by atoms with Crippen molar-refractivity contribution in [3.8, 4) is 6.07 Å². The molecule has 1 aliphatic rings. The third kappa shape index (κ3) is 2.50. The second kappa shape index (κ2) is 5.56. The molecule has 0 atom stereocenters. The van der Waals surface area contributed by atoms with E-state index < -0.39 is 0 Å². The summed E-state index contributed by atoms with van der Waals surface area (Å²) in [6.45, 7) is 1.88. The van der Waals surface area contributed by atoms with Crippen molar-refractivity contribution in [2.45, 2.75) is 12.8 Å². The van der Waals surface area contributed by atoms with Gasteiger partial charge in [-0.25, -0.2) is 0 Å². The highest BCUT2D eigenvalue weighted by molar-refractivity contribution is 6.30. The summed E-state index contributed by atoms with van der Waals surface area (Å²) in [6.07, 6.45) is 2.04. The normalized spacial score (nSPS) is 14.3. The summed E-state index contributed by atoms with van der Waals surface area (Å²) in [5.41, 5.74) is 4.48. The van der Waals surface area contributed by atoms with E-state index in [9.17, 15) is 5.26 Å². The largest absolute Gasteiger partial charge is 0.370 e. The zero-order valence-electron chi connectivity index (χ0n) is 11.1. The Kier molecular flexibility index (Phi) is 3.62. The van der Waals surface area contributed by atoms with Crippen molar-refractivity contribution in [2.75, 3.05) is 18.0 Å². The van der Waals surface area contributed by atoms with Crippen molar-refractivity contribution < 1.29 is 0 Å². The van der Waals surface area contributed by atoms with Gasteiger partial charge >= 0.3 is 0 Å². The highest BCUT2D eigenvalue weighted by Crippen LogP contribution is 2.26. The molecule has 3 heteroatoms. The monoisotopic (exact) mass is 282 g/mol. The van der Waals surface area contributed by atoms with E-state index in [4.69, 9.17) is 11.6 Å². The molecule has 20 heavy (non-hydrogen) atoms. The first kappa shape index (κ1) is 13.0. The first-order chi connectivity index (χ1) is 9.78. The molecule has 2 nitrogen and oxygen atoms in total. The molecule has 0 saturated heterocycles. The molecule has 3 rings (SSSR count). The van der Waals surface area contributed by atoms with E-state index in [2.05, 4.69) is 35.2 Å². The lowest BCUT2D eigenvalue weighted by Gasteiger charge is -2.23. The molecule has 0 saturated carbocycles. The Morgan fingerprint density at radius 3 is 2.25 bits per heavy atom. The van der Waals surface area contributed by atoms with Crippen LogP contribution in [-0.2, 0) is 12.8 Å². The molecule has 0 aromatic heterocycles. The first-order valence-electron chi connectivity index (χ1n) is 6.79. The predicted octanol–water partition coefficient (Wildman–Crippen LogP) is 3.82. The van der Waals surface area contributed by atoms with E-state index >= 15 is 0 Å². The number of rotatable bonds is 1. The summed E-state index contributed by atoms with van der Waals surface area (Å²) in [5, 5.41) is 9.90. The van der Waals surface area contributed by atoms with Crippen LogP contribution in [0.4, 0.5) is 5.69 Å². The Bertz CT molecular complexity index is 646. The third-order valence-electron chi connectivity index (χ3n) is 3.84. The Morgan fingerprint density at radius 2 is 1.65 bits per heavy atom. The van der Waals surface area contributed by atoms with Crippen LogP contribution in [-0.4, -0.2) is 13.1 Å². The van der Waals surface area contributed by atoms with Gasteiger partial charge in [-0.3, -0.25) is 0 Å². The Hall–Kier alpha value is -1.98. The quantitative estimate of drug-likeness (QED) is 0.795. The third-order valence-corrected chi connectivity index (χ3v) is 4.08. The van der Waals surface area contributed by atoms with Crippen LogP contribution in [0.25, 0.3) is 0 Å². The number of fused-ring (bicyclic) bond motifs is 1. The summed E-state index contributed by atoms with van der Waals surface area (Å²) in [4.78, 5) is 2.29. The number of hydrogen-bond acceptors (Lipinski definition) is 2. The van der Waals surface area contributed by atoms with E-state index in [1.807, 2.05) is 12.1 Å². The van der Waals surface area contributed by atoms with Gasteiger partial charge in [0.25, 0.3) is 0 Å². The van der Waals surface area contributed by atoms with E-state index in [0.29, 0.717) is 10.6 Å². The molecule has 100 valence electrons. The highest BCUT2D eigenvalue weighted by atomic mass is 35.5. The number of nitrogens with zero attached hydrogens (tertiary/aromatic N) is 2. The van der Waals surface area contributed by atoms with E-state index in [1.165, 1.54) is 11.1 Å². The molecule has 0 amide bonds. The van der Waals surface area contributed by atoms with E-state index in [1.54, 1.807) is 6.07 Å². The number of benzene rings is 2. The van der Waals surface area contributed by atoms with Gasteiger partial charge in [-0.2, -0.15) is 5.26 Å². The average Bonchev–Trinajstić information content (AvgIpc) is 2.70. The van der Waals surface area contributed by atoms with Crippen molar-refractivity contribution >= 4 is 17.3 Å². The van der Waals surface area contributed by atoms with Crippen LogP contribution in [0.15, 0.2) is 42.5 Å². The van der Waals surface area contributed by atoms with Gasteiger partial charge in [0.05, 0.1) is 11.3 Å². The molecule has 0 unspecified atom stereocenters. The molecule has 1 heterocycles. The van der Waals surface area contributed by atoms with Crippen LogP contribution in [0.1, 0.15) is 16.7 Å². The fourth-order valence-electron chi connectivity index (χ4n) is 2.78. The van der Waals surface area contributed by atoms with Gasteiger partial charge in [-0.1, -0.05) is 35.9 Å². The number of nitriles is 1. The predicted molar refractivity (Wildman–Crippen MR) is 82.2 cm³/mol. The van der Waals surface area contributed by atoms with Gasteiger partial charge in [0, 0.05) is 18.1 Å². The van der Waals surface area contributed by atoms with Crippen molar-refractivity contribution in [1.82, 2.24) is 0 Å². The van der Waals surface area contributed by atoms with E-state index in [-0.39, 0.29) is 0 Å². The van der Waals surface area contributed by atoms with Crippen LogP contribution in [0.3, 0.4) is 0 Å². The first-order valence-corrected chi connectivity index (χ1v) is 7.17. The summed E-state index contributed by atoms with van der Waals surface area (Å²) in [6, 6.07) is 16.4. The zero-order valence-corrected chi connectivity index (χ0v) is 11.9. The number of halogens is 1. The maximum absolute atomic E-state index is 9.28. The molecule has 0 aliphatic carbocycles. The Labute approximate surface area is 124 Å². The molecule has 0 fully saturated rings. The number of anilines is 1. The molecule has 0 radical (unpaired) electrons. The van der Waals surface area contributed by atoms with Crippen molar-refractivity contribution in [3.63, 3.8) is 0 Å². The van der Waals surface area contributed by atoms with Crippen LogP contribution in [0, 0.1) is 11.3 Å². The maximum atomic E-state index is 9.28. The van der Waals surface area contributed by atoms with Crippen LogP contribution in [0.5, 0.6) is 0 Å². The molecule has 0 spiro atoms. The molecule has 0 N–H and O–H groups in total. The lowest BCUT2D eigenvalue weighted by molar-refractivity contribution is 0.804.